The van der Waals surface area contributed by atoms with Gasteiger partial charge in [-0.1, -0.05) is 59.7 Å². The fourth-order valence-electron chi connectivity index (χ4n) is 5.66. The zero-order chi connectivity index (χ0) is 22.7. The molecule has 4 atom stereocenters. The lowest BCUT2D eigenvalue weighted by Crippen LogP contribution is -2.67. The Kier molecular flexibility index (Phi) is 5.47. The molecule has 6 nitrogen and oxygen atoms in total. The summed E-state index contributed by atoms with van der Waals surface area (Å²) in [5.41, 5.74) is 4.51. The van der Waals surface area contributed by atoms with Crippen LogP contribution in [0.25, 0.3) is 0 Å². The smallest absolute Gasteiger partial charge is 0.153 e. The molecule has 0 spiro atoms. The number of hydrogen-bond donors (Lipinski definition) is 0. The first-order valence-corrected chi connectivity index (χ1v) is 14.8. The van der Waals surface area contributed by atoms with E-state index in [1.165, 1.54) is 11.1 Å². The average Bonchev–Trinajstić information content (AvgIpc) is 3.22. The Morgan fingerprint density at radius 2 is 0.875 bits per heavy atom. The predicted octanol–water partition coefficient (Wildman–Crippen LogP) is 1.95. The van der Waals surface area contributed by atoms with Crippen molar-refractivity contribution in [3.63, 3.8) is 0 Å². The highest BCUT2D eigenvalue weighted by molar-refractivity contribution is 7.92. The molecular weight excluding hydrogens is 444 g/mol. The van der Waals surface area contributed by atoms with Crippen LogP contribution in [0.1, 0.15) is 22.3 Å². The van der Waals surface area contributed by atoms with Crippen LogP contribution in [-0.4, -0.2) is 73.8 Å². The van der Waals surface area contributed by atoms with Gasteiger partial charge in [-0.3, -0.25) is 9.80 Å². The molecule has 3 fully saturated rings. The molecule has 0 unspecified atom stereocenters. The maximum absolute atomic E-state index is 12.8. The summed E-state index contributed by atoms with van der Waals surface area (Å²) in [6.45, 7) is 5.22. The maximum Gasteiger partial charge on any atom is 0.153 e. The molecule has 2 aromatic carbocycles. The van der Waals surface area contributed by atoms with Gasteiger partial charge in [-0.2, -0.15) is 0 Å². The standard InChI is InChI=1S/C24H30N2O4S2/c1-17-3-7-19(8-4-17)11-25-21-13-31(27,28)15-23(21)26(12-20-9-5-18(2)6-10-20)24-16-32(29,30)14-22(24)25/h3-10,21-24H,11-16H2,1-2H3/t21-,22-,23-,24+/m0/s1. The van der Waals surface area contributed by atoms with E-state index in [2.05, 4.69) is 58.3 Å². The molecule has 172 valence electrons. The van der Waals surface area contributed by atoms with Crippen molar-refractivity contribution in [2.75, 3.05) is 23.0 Å². The summed E-state index contributed by atoms with van der Waals surface area (Å²) in [4.78, 5) is 4.39. The molecule has 0 saturated carbocycles. The van der Waals surface area contributed by atoms with Crippen LogP contribution < -0.4 is 0 Å². The Bertz CT molecular complexity index is 1070. The Morgan fingerprint density at radius 3 is 1.16 bits per heavy atom. The third-order valence-electron chi connectivity index (χ3n) is 7.26. The first-order chi connectivity index (χ1) is 15.1. The number of piperazine rings is 1. The molecule has 3 aliphatic heterocycles. The molecule has 0 aliphatic carbocycles. The van der Waals surface area contributed by atoms with Crippen molar-refractivity contribution in [3.05, 3.63) is 70.8 Å². The zero-order valence-corrected chi connectivity index (χ0v) is 20.1. The summed E-state index contributed by atoms with van der Waals surface area (Å²) >= 11 is 0. The van der Waals surface area contributed by atoms with Gasteiger partial charge in [0.25, 0.3) is 0 Å². The minimum Gasteiger partial charge on any atom is -0.288 e. The van der Waals surface area contributed by atoms with E-state index in [0.29, 0.717) is 13.1 Å². The van der Waals surface area contributed by atoms with Crippen LogP contribution >= 0.6 is 0 Å². The van der Waals surface area contributed by atoms with Gasteiger partial charge in [-0.05, 0) is 25.0 Å². The van der Waals surface area contributed by atoms with Crippen molar-refractivity contribution >= 4 is 19.7 Å². The third kappa shape index (κ3) is 4.25. The Morgan fingerprint density at radius 1 is 0.594 bits per heavy atom. The molecule has 5 rings (SSSR count). The van der Waals surface area contributed by atoms with Crippen LogP contribution in [0.5, 0.6) is 0 Å². The van der Waals surface area contributed by atoms with Crippen molar-refractivity contribution < 1.29 is 16.8 Å². The summed E-state index contributed by atoms with van der Waals surface area (Å²) in [5.74, 6) is 0.378. The van der Waals surface area contributed by atoms with E-state index >= 15 is 0 Å². The Balaban J connectivity index is 1.53. The van der Waals surface area contributed by atoms with Gasteiger partial charge in [-0.25, -0.2) is 16.8 Å². The summed E-state index contributed by atoms with van der Waals surface area (Å²) in [6.07, 6.45) is 0. The van der Waals surface area contributed by atoms with Crippen molar-refractivity contribution in [1.82, 2.24) is 9.80 Å². The molecular formula is C24H30N2O4S2. The number of rotatable bonds is 4. The minimum absolute atomic E-state index is 0.0944. The lowest BCUT2D eigenvalue weighted by molar-refractivity contribution is -0.0341. The monoisotopic (exact) mass is 474 g/mol. The predicted molar refractivity (Wildman–Crippen MR) is 126 cm³/mol. The van der Waals surface area contributed by atoms with Crippen LogP contribution in [0.15, 0.2) is 48.5 Å². The van der Waals surface area contributed by atoms with Gasteiger partial charge in [0.1, 0.15) is 0 Å². The number of nitrogens with zero attached hydrogens (tertiary/aromatic N) is 2. The molecule has 0 amide bonds. The average molecular weight is 475 g/mol. The number of aryl methyl sites for hydroxylation is 2. The molecule has 3 heterocycles. The molecule has 3 aliphatic rings. The second-order valence-electron chi connectivity index (χ2n) is 9.74. The fraction of sp³-hybridized carbons (Fsp3) is 0.500. The Hall–Kier alpha value is -1.74. The molecule has 8 heteroatoms. The summed E-state index contributed by atoms with van der Waals surface area (Å²) in [7, 11) is -6.37. The molecule has 0 N–H and O–H groups in total. The maximum atomic E-state index is 12.8. The van der Waals surface area contributed by atoms with Crippen LogP contribution in [0.4, 0.5) is 0 Å². The second-order valence-corrected chi connectivity index (χ2v) is 14.0. The molecule has 0 bridgehead atoms. The summed E-state index contributed by atoms with van der Waals surface area (Å²) < 4.78 is 51.0. The first kappa shape index (κ1) is 22.1. The first-order valence-electron chi connectivity index (χ1n) is 11.1. The van der Waals surface area contributed by atoms with E-state index in [0.717, 1.165) is 11.1 Å². The van der Waals surface area contributed by atoms with Crippen molar-refractivity contribution in [2.45, 2.75) is 51.1 Å². The third-order valence-corrected chi connectivity index (χ3v) is 10.7. The summed E-state index contributed by atoms with van der Waals surface area (Å²) in [5, 5.41) is 0. The van der Waals surface area contributed by atoms with Gasteiger partial charge < -0.3 is 0 Å². The van der Waals surface area contributed by atoms with Crippen molar-refractivity contribution in [3.8, 4) is 0 Å². The molecule has 0 aromatic heterocycles. The fourth-order valence-corrected chi connectivity index (χ4v) is 9.67. The van der Waals surface area contributed by atoms with Crippen LogP contribution in [0, 0.1) is 13.8 Å². The lowest BCUT2D eigenvalue weighted by Gasteiger charge is -2.51. The highest BCUT2D eigenvalue weighted by Gasteiger charge is 2.57. The van der Waals surface area contributed by atoms with Crippen LogP contribution in [0.3, 0.4) is 0 Å². The van der Waals surface area contributed by atoms with E-state index in [9.17, 15) is 16.8 Å². The van der Waals surface area contributed by atoms with Crippen LogP contribution in [-0.2, 0) is 32.8 Å². The van der Waals surface area contributed by atoms with Gasteiger partial charge in [-0.15, -0.1) is 0 Å². The van der Waals surface area contributed by atoms with E-state index in [1.54, 1.807) is 0 Å². The normalized spacial score (nSPS) is 31.3. The number of sulfone groups is 2. The molecule has 32 heavy (non-hydrogen) atoms. The Labute approximate surface area is 191 Å². The quantitative estimate of drug-likeness (QED) is 0.674. The van der Waals surface area contributed by atoms with Gasteiger partial charge in [0.15, 0.2) is 19.7 Å². The van der Waals surface area contributed by atoms with E-state index in [-0.39, 0.29) is 47.2 Å². The molecule has 3 saturated heterocycles. The second kappa shape index (κ2) is 7.94. The van der Waals surface area contributed by atoms with Crippen molar-refractivity contribution in [1.29, 1.82) is 0 Å². The van der Waals surface area contributed by atoms with Gasteiger partial charge in [0.2, 0.25) is 0 Å². The van der Waals surface area contributed by atoms with E-state index in [4.69, 9.17) is 0 Å². The summed E-state index contributed by atoms with van der Waals surface area (Å²) in [6, 6.07) is 15.7. The zero-order valence-electron chi connectivity index (χ0n) is 18.5. The molecule has 2 aromatic rings. The highest BCUT2D eigenvalue weighted by atomic mass is 32.2. The highest BCUT2D eigenvalue weighted by Crippen LogP contribution is 2.39. The minimum atomic E-state index is -3.19. The SMILES string of the molecule is Cc1ccc(CN2[C@@H]3CS(=O)(=O)C[C@@H]3N(Cc3ccc(C)cc3)[C@H]3CS(=O)(=O)C[C@@H]32)cc1. The molecule has 0 radical (unpaired) electrons. The van der Waals surface area contributed by atoms with Gasteiger partial charge in [0.05, 0.1) is 23.0 Å². The van der Waals surface area contributed by atoms with E-state index < -0.39 is 19.7 Å². The lowest BCUT2D eigenvalue weighted by atomic mass is 9.93. The van der Waals surface area contributed by atoms with Crippen molar-refractivity contribution in [2.24, 2.45) is 0 Å². The number of benzene rings is 2. The van der Waals surface area contributed by atoms with Crippen LogP contribution in [0.2, 0.25) is 0 Å². The van der Waals surface area contributed by atoms with E-state index in [1.807, 2.05) is 13.8 Å². The van der Waals surface area contributed by atoms with Gasteiger partial charge >= 0.3 is 0 Å². The topological polar surface area (TPSA) is 74.8 Å². The van der Waals surface area contributed by atoms with Gasteiger partial charge in [0, 0.05) is 37.3 Å². The largest absolute Gasteiger partial charge is 0.288 e. The number of hydrogen-bond acceptors (Lipinski definition) is 6. The number of fused-ring (bicyclic) bond motifs is 2.